The van der Waals surface area contributed by atoms with Crippen LogP contribution in [0.25, 0.3) is 0 Å². The summed E-state index contributed by atoms with van der Waals surface area (Å²) in [4.78, 5) is 13.5. The van der Waals surface area contributed by atoms with Crippen LogP contribution in [0.1, 0.15) is 24.4 Å². The van der Waals surface area contributed by atoms with Crippen molar-refractivity contribution in [2.75, 3.05) is 26.8 Å². The Morgan fingerprint density at radius 1 is 1.42 bits per heavy atom. The lowest BCUT2D eigenvalue weighted by Gasteiger charge is -2.33. The first-order valence-corrected chi connectivity index (χ1v) is 7.72. The largest absolute Gasteiger partial charge is 0.497 e. The van der Waals surface area contributed by atoms with E-state index >= 15 is 0 Å². The molecule has 134 valence electrons. The molecule has 1 aromatic carbocycles. The quantitative estimate of drug-likeness (QED) is 0.881. The van der Waals surface area contributed by atoms with Gasteiger partial charge in [-0.25, -0.2) is 4.79 Å². The molecule has 2 N–H and O–H groups in total. The second-order valence-corrected chi connectivity index (χ2v) is 5.83. The third-order valence-electron chi connectivity index (χ3n) is 4.11. The summed E-state index contributed by atoms with van der Waals surface area (Å²) >= 11 is 0. The number of aliphatic hydroxyl groups is 1. The number of hydrogen-bond acceptors (Lipinski definition) is 3. The lowest BCUT2D eigenvalue weighted by Crippen LogP contribution is -2.49. The molecule has 8 heteroatoms. The molecule has 2 amide bonds. The number of carbonyl (C=O) groups is 1. The number of hydrogen-bond donors (Lipinski definition) is 2. The molecular formula is C16H21F3N2O3. The van der Waals surface area contributed by atoms with E-state index in [1.54, 1.807) is 0 Å². The number of aliphatic hydroxyl groups excluding tert-OH is 1. The summed E-state index contributed by atoms with van der Waals surface area (Å²) < 4.78 is 45.0. The molecule has 1 aromatic rings. The lowest BCUT2D eigenvalue weighted by molar-refractivity contribution is -0.155. The minimum absolute atomic E-state index is 0.0626. The molecule has 1 saturated heterocycles. The van der Waals surface area contributed by atoms with Crippen molar-refractivity contribution in [1.82, 2.24) is 10.2 Å². The number of rotatable bonds is 4. The molecule has 0 aliphatic carbocycles. The molecule has 1 heterocycles. The molecule has 1 aliphatic heterocycles. The number of ether oxygens (including phenoxy) is 1. The fourth-order valence-electron chi connectivity index (χ4n) is 2.76. The maximum absolute atomic E-state index is 13.4. The summed E-state index contributed by atoms with van der Waals surface area (Å²) in [5.41, 5.74) is -0.0626. The molecule has 0 bridgehead atoms. The van der Waals surface area contributed by atoms with Crippen molar-refractivity contribution >= 4 is 6.03 Å². The molecule has 2 rings (SSSR count). The average molecular weight is 346 g/mol. The van der Waals surface area contributed by atoms with Crippen molar-refractivity contribution in [3.63, 3.8) is 0 Å². The molecule has 5 nitrogen and oxygen atoms in total. The van der Waals surface area contributed by atoms with Crippen molar-refractivity contribution in [2.45, 2.75) is 25.1 Å². The van der Waals surface area contributed by atoms with E-state index in [-0.39, 0.29) is 24.6 Å². The van der Waals surface area contributed by atoms with E-state index in [9.17, 15) is 23.1 Å². The Morgan fingerprint density at radius 2 is 2.08 bits per heavy atom. The molecule has 2 atom stereocenters. The third kappa shape index (κ3) is 4.53. The molecule has 1 fully saturated rings. The van der Waals surface area contributed by atoms with E-state index < -0.39 is 18.2 Å². The number of methoxy groups -OCH3 is 1. The summed E-state index contributed by atoms with van der Waals surface area (Å²) in [6, 6.07) is 2.54. The van der Waals surface area contributed by atoms with Gasteiger partial charge in [-0.1, -0.05) is 12.1 Å². The first kappa shape index (κ1) is 18.4. The number of likely N-dealkylation sites (tertiary alicyclic amines) is 1. The second-order valence-electron chi connectivity index (χ2n) is 5.83. The minimum Gasteiger partial charge on any atom is -0.497 e. The van der Waals surface area contributed by atoms with Gasteiger partial charge in [0.25, 0.3) is 0 Å². The summed E-state index contributed by atoms with van der Waals surface area (Å²) in [5, 5.41) is 11.2. The summed E-state index contributed by atoms with van der Waals surface area (Å²) in [6.45, 7) is 0.565. The SMILES string of the molecule is COc1ccc([C@@H](NC(=O)N2CCC[C@H](CO)C2)C(F)(F)F)cc1. The molecule has 24 heavy (non-hydrogen) atoms. The number of alkyl halides is 3. The highest BCUT2D eigenvalue weighted by Gasteiger charge is 2.42. The summed E-state index contributed by atoms with van der Waals surface area (Å²) in [7, 11) is 1.42. The number of amides is 2. The van der Waals surface area contributed by atoms with Crippen molar-refractivity contribution in [1.29, 1.82) is 0 Å². The number of nitrogens with zero attached hydrogens (tertiary/aromatic N) is 1. The fourth-order valence-corrected chi connectivity index (χ4v) is 2.76. The zero-order chi connectivity index (χ0) is 17.7. The number of benzene rings is 1. The predicted molar refractivity (Wildman–Crippen MR) is 81.7 cm³/mol. The molecule has 0 spiro atoms. The maximum Gasteiger partial charge on any atom is 0.412 e. The van der Waals surface area contributed by atoms with Crippen LogP contribution in [-0.4, -0.2) is 49.0 Å². The van der Waals surface area contributed by atoms with Crippen molar-refractivity contribution < 1.29 is 27.8 Å². The summed E-state index contributed by atoms with van der Waals surface area (Å²) in [6.07, 6.45) is -3.18. The molecule has 0 radical (unpaired) electrons. The second kappa shape index (κ2) is 7.74. The topological polar surface area (TPSA) is 61.8 Å². The van der Waals surface area contributed by atoms with Crippen molar-refractivity contribution in [3.05, 3.63) is 29.8 Å². The molecule has 0 unspecified atom stereocenters. The molecule has 0 aromatic heterocycles. The van der Waals surface area contributed by atoms with Crippen molar-refractivity contribution in [2.24, 2.45) is 5.92 Å². The van der Waals surface area contributed by atoms with Gasteiger partial charge in [-0.05, 0) is 36.5 Å². The number of piperidine rings is 1. The zero-order valence-electron chi connectivity index (χ0n) is 13.3. The zero-order valence-corrected chi connectivity index (χ0v) is 13.3. The Balaban J connectivity index is 2.12. The van der Waals surface area contributed by atoms with Gasteiger partial charge in [-0.2, -0.15) is 13.2 Å². The van der Waals surface area contributed by atoms with E-state index in [1.165, 1.54) is 36.3 Å². The normalized spacial score (nSPS) is 19.7. The van der Waals surface area contributed by atoms with Crippen LogP contribution in [-0.2, 0) is 0 Å². The van der Waals surface area contributed by atoms with Gasteiger partial charge in [0.2, 0.25) is 0 Å². The highest BCUT2D eigenvalue weighted by Crippen LogP contribution is 2.33. The van der Waals surface area contributed by atoms with Crippen LogP contribution in [0, 0.1) is 5.92 Å². The van der Waals surface area contributed by atoms with Crippen LogP contribution in [0.2, 0.25) is 0 Å². The Kier molecular flexibility index (Phi) is 5.93. The predicted octanol–water partition coefficient (Wildman–Crippen LogP) is 2.71. The first-order chi connectivity index (χ1) is 11.3. The Hall–Kier alpha value is -1.96. The fraction of sp³-hybridized carbons (Fsp3) is 0.562. The minimum atomic E-state index is -4.61. The number of nitrogens with one attached hydrogen (secondary N) is 1. The number of urea groups is 1. The Bertz CT molecular complexity index is 548. The molecule has 1 aliphatic rings. The van der Waals surface area contributed by atoms with Gasteiger partial charge in [-0.15, -0.1) is 0 Å². The van der Waals surface area contributed by atoms with Gasteiger partial charge in [0, 0.05) is 19.7 Å². The summed E-state index contributed by atoms with van der Waals surface area (Å²) in [5.74, 6) is 0.350. The number of carbonyl (C=O) groups excluding carboxylic acids is 1. The van der Waals surface area contributed by atoms with Crippen LogP contribution in [0.5, 0.6) is 5.75 Å². The average Bonchev–Trinajstić information content (AvgIpc) is 2.58. The monoisotopic (exact) mass is 346 g/mol. The van der Waals surface area contributed by atoms with Gasteiger partial charge >= 0.3 is 12.2 Å². The van der Waals surface area contributed by atoms with Crippen LogP contribution in [0.4, 0.5) is 18.0 Å². The standard InChI is InChI=1S/C16H21F3N2O3/c1-24-13-6-4-12(5-7-13)14(16(17,18)19)20-15(23)21-8-2-3-11(9-21)10-22/h4-7,11,14,22H,2-3,8-10H2,1H3,(H,20,23)/t11-,14+/m0/s1. The maximum atomic E-state index is 13.4. The first-order valence-electron chi connectivity index (χ1n) is 7.72. The molecular weight excluding hydrogens is 325 g/mol. The van der Waals surface area contributed by atoms with Crippen LogP contribution in [0.15, 0.2) is 24.3 Å². The Morgan fingerprint density at radius 3 is 2.62 bits per heavy atom. The van der Waals surface area contributed by atoms with E-state index in [0.717, 1.165) is 6.42 Å². The van der Waals surface area contributed by atoms with E-state index in [4.69, 9.17) is 4.74 Å². The third-order valence-corrected chi connectivity index (χ3v) is 4.11. The number of halogens is 3. The van der Waals surface area contributed by atoms with Crippen molar-refractivity contribution in [3.8, 4) is 5.75 Å². The van der Waals surface area contributed by atoms with Crippen LogP contribution in [0.3, 0.4) is 0 Å². The van der Waals surface area contributed by atoms with Gasteiger partial charge < -0.3 is 20.1 Å². The van der Waals surface area contributed by atoms with Crippen LogP contribution >= 0.6 is 0 Å². The highest BCUT2D eigenvalue weighted by molar-refractivity contribution is 5.75. The van der Waals surface area contributed by atoms with Gasteiger partial charge in [0.15, 0.2) is 6.04 Å². The van der Waals surface area contributed by atoms with E-state index in [0.29, 0.717) is 18.7 Å². The van der Waals surface area contributed by atoms with Gasteiger partial charge in [0.1, 0.15) is 5.75 Å². The smallest absolute Gasteiger partial charge is 0.412 e. The van der Waals surface area contributed by atoms with E-state index in [2.05, 4.69) is 5.32 Å². The van der Waals surface area contributed by atoms with Crippen LogP contribution < -0.4 is 10.1 Å². The lowest BCUT2D eigenvalue weighted by atomic mass is 9.99. The highest BCUT2D eigenvalue weighted by atomic mass is 19.4. The molecule has 0 saturated carbocycles. The van der Waals surface area contributed by atoms with Gasteiger partial charge in [-0.3, -0.25) is 0 Å². The van der Waals surface area contributed by atoms with Gasteiger partial charge in [0.05, 0.1) is 7.11 Å². The Labute approximate surface area is 138 Å². The van der Waals surface area contributed by atoms with E-state index in [1.807, 2.05) is 0 Å².